The van der Waals surface area contributed by atoms with Crippen LogP contribution < -0.4 is 0 Å². The van der Waals surface area contributed by atoms with E-state index in [0.29, 0.717) is 11.7 Å². The Hall–Kier alpha value is -1.11. The van der Waals surface area contributed by atoms with E-state index in [-0.39, 0.29) is 0 Å². The molecule has 1 aromatic rings. The van der Waals surface area contributed by atoms with Crippen molar-refractivity contribution in [1.82, 2.24) is 0 Å². The highest BCUT2D eigenvalue weighted by molar-refractivity contribution is 5.96. The van der Waals surface area contributed by atoms with E-state index in [4.69, 9.17) is 0 Å². The molecule has 84 valence electrons. The third-order valence-electron chi connectivity index (χ3n) is 3.96. The van der Waals surface area contributed by atoms with Gasteiger partial charge in [-0.3, -0.25) is 4.79 Å². The van der Waals surface area contributed by atoms with Crippen LogP contribution in [0.25, 0.3) is 0 Å². The normalized spacial score (nSPS) is 20.5. The number of benzene rings is 1. The van der Waals surface area contributed by atoms with Crippen molar-refractivity contribution < 1.29 is 4.79 Å². The van der Waals surface area contributed by atoms with E-state index in [1.807, 2.05) is 12.1 Å². The zero-order valence-corrected chi connectivity index (χ0v) is 9.61. The van der Waals surface area contributed by atoms with Gasteiger partial charge >= 0.3 is 0 Å². The molecular formula is C15H18O. The smallest absolute Gasteiger partial charge is 0.163 e. The van der Waals surface area contributed by atoms with Gasteiger partial charge in [0.15, 0.2) is 5.78 Å². The van der Waals surface area contributed by atoms with Crippen LogP contribution in [0.5, 0.6) is 0 Å². The number of carbonyl (C=O) groups excluding carboxylic acids is 1. The Kier molecular flexibility index (Phi) is 2.55. The summed E-state index contributed by atoms with van der Waals surface area (Å²) in [6, 6.07) is 8.34. The second kappa shape index (κ2) is 4.04. The summed E-state index contributed by atoms with van der Waals surface area (Å²) in [6.07, 6.45) is 7.25. The fraction of sp³-hybridized carbons (Fsp3) is 0.533. The summed E-state index contributed by atoms with van der Waals surface area (Å²) >= 11 is 0. The highest BCUT2D eigenvalue weighted by Crippen LogP contribution is 2.37. The summed E-state index contributed by atoms with van der Waals surface area (Å²) in [5, 5.41) is 0. The third kappa shape index (κ3) is 2.04. The topological polar surface area (TPSA) is 17.1 Å². The van der Waals surface area contributed by atoms with Crippen molar-refractivity contribution in [3.05, 3.63) is 35.4 Å². The maximum Gasteiger partial charge on any atom is 0.163 e. The first-order valence-electron chi connectivity index (χ1n) is 6.46. The van der Waals surface area contributed by atoms with E-state index in [2.05, 4.69) is 12.1 Å². The molecule has 0 radical (unpaired) electrons. The molecule has 16 heavy (non-hydrogen) atoms. The Labute approximate surface area is 96.9 Å². The van der Waals surface area contributed by atoms with Crippen LogP contribution in [-0.4, -0.2) is 5.78 Å². The molecule has 1 nitrogen and oxygen atoms in total. The number of rotatable bonds is 4. The molecule has 0 aromatic heterocycles. The van der Waals surface area contributed by atoms with Crippen molar-refractivity contribution in [3.63, 3.8) is 0 Å². The van der Waals surface area contributed by atoms with Gasteiger partial charge in [0.05, 0.1) is 0 Å². The summed E-state index contributed by atoms with van der Waals surface area (Å²) in [4.78, 5) is 12.0. The van der Waals surface area contributed by atoms with Gasteiger partial charge in [0.25, 0.3) is 0 Å². The van der Waals surface area contributed by atoms with Crippen LogP contribution in [0.15, 0.2) is 24.3 Å². The average molecular weight is 214 g/mol. The van der Waals surface area contributed by atoms with E-state index in [9.17, 15) is 4.79 Å². The molecule has 0 heterocycles. The van der Waals surface area contributed by atoms with Gasteiger partial charge in [-0.2, -0.15) is 0 Å². The molecule has 2 aliphatic carbocycles. The second-order valence-electron chi connectivity index (χ2n) is 5.32. The number of carbonyl (C=O) groups is 1. The molecule has 0 amide bonds. The molecule has 0 N–H and O–H groups in total. The zero-order valence-electron chi connectivity index (χ0n) is 9.61. The molecule has 0 unspecified atom stereocenters. The Balaban J connectivity index is 1.74. The van der Waals surface area contributed by atoms with Crippen molar-refractivity contribution in [1.29, 1.82) is 0 Å². The van der Waals surface area contributed by atoms with E-state index >= 15 is 0 Å². The lowest BCUT2D eigenvalue weighted by Gasteiger charge is -2.26. The van der Waals surface area contributed by atoms with Gasteiger partial charge in [-0.1, -0.05) is 24.6 Å². The van der Waals surface area contributed by atoms with Gasteiger partial charge in [-0.15, -0.1) is 0 Å². The monoisotopic (exact) mass is 214 g/mol. The molecule has 0 spiro atoms. The fourth-order valence-corrected chi connectivity index (χ4v) is 2.41. The summed E-state index contributed by atoms with van der Waals surface area (Å²) in [5.74, 6) is 1.78. The first-order chi connectivity index (χ1) is 7.83. The number of hydrogen-bond donors (Lipinski definition) is 0. The summed E-state index contributed by atoms with van der Waals surface area (Å²) in [6.45, 7) is 0. The van der Waals surface area contributed by atoms with Crippen LogP contribution in [-0.2, 0) is 0 Å². The fourth-order valence-electron chi connectivity index (χ4n) is 2.41. The van der Waals surface area contributed by atoms with Gasteiger partial charge in [0.2, 0.25) is 0 Å². The quantitative estimate of drug-likeness (QED) is 0.694. The molecular weight excluding hydrogens is 196 g/mol. The van der Waals surface area contributed by atoms with Gasteiger partial charge in [0, 0.05) is 12.0 Å². The second-order valence-corrected chi connectivity index (χ2v) is 5.32. The van der Waals surface area contributed by atoms with Gasteiger partial charge < -0.3 is 0 Å². The Morgan fingerprint density at radius 3 is 2.62 bits per heavy atom. The van der Waals surface area contributed by atoms with Crippen molar-refractivity contribution in [2.75, 3.05) is 0 Å². The molecule has 2 fully saturated rings. The van der Waals surface area contributed by atoms with Crippen LogP contribution >= 0.6 is 0 Å². The molecule has 1 heteroatoms. The zero-order chi connectivity index (χ0) is 11.0. The summed E-state index contributed by atoms with van der Waals surface area (Å²) < 4.78 is 0. The van der Waals surface area contributed by atoms with Crippen LogP contribution in [0.2, 0.25) is 0 Å². The molecule has 3 rings (SSSR count). The molecule has 2 aliphatic rings. The lowest BCUT2D eigenvalue weighted by molar-refractivity contribution is 0.0976. The van der Waals surface area contributed by atoms with E-state index in [0.717, 1.165) is 17.9 Å². The maximum absolute atomic E-state index is 12.0. The van der Waals surface area contributed by atoms with E-state index in [1.54, 1.807) is 0 Å². The number of ketones is 1. The minimum Gasteiger partial charge on any atom is -0.294 e. The van der Waals surface area contributed by atoms with Crippen LogP contribution in [0.4, 0.5) is 0 Å². The molecule has 2 saturated carbocycles. The van der Waals surface area contributed by atoms with Crippen molar-refractivity contribution in [2.45, 2.75) is 44.4 Å². The lowest BCUT2D eigenvalue weighted by Crippen LogP contribution is -2.10. The molecule has 0 bridgehead atoms. The van der Waals surface area contributed by atoms with Crippen LogP contribution in [0.3, 0.4) is 0 Å². The predicted octanol–water partition coefficient (Wildman–Crippen LogP) is 3.94. The number of Topliss-reactive ketones (excluding diaryl/α,β-unsaturated/α-hetero) is 1. The highest BCUT2D eigenvalue weighted by atomic mass is 16.1. The minimum absolute atomic E-state index is 0.351. The highest BCUT2D eigenvalue weighted by Gasteiger charge is 2.25. The first kappa shape index (κ1) is 10.1. The third-order valence-corrected chi connectivity index (χ3v) is 3.96. The predicted molar refractivity (Wildman–Crippen MR) is 64.7 cm³/mol. The first-order valence-corrected chi connectivity index (χ1v) is 6.46. The summed E-state index contributed by atoms with van der Waals surface area (Å²) in [5.41, 5.74) is 2.32. The summed E-state index contributed by atoms with van der Waals surface area (Å²) in [7, 11) is 0. The lowest BCUT2D eigenvalue weighted by atomic mass is 9.79. The van der Waals surface area contributed by atoms with E-state index < -0.39 is 0 Å². The van der Waals surface area contributed by atoms with Gasteiger partial charge in [-0.05, 0) is 49.1 Å². The van der Waals surface area contributed by atoms with Gasteiger partial charge in [-0.25, -0.2) is 0 Å². The standard InChI is InChI=1S/C15H18O/c16-15(9-11-7-8-11)14-6-2-5-13(10-14)12-3-1-4-12/h2,5-6,10-12H,1,3-4,7-9H2. The Morgan fingerprint density at radius 1 is 1.19 bits per heavy atom. The number of hydrogen-bond acceptors (Lipinski definition) is 1. The molecule has 0 saturated heterocycles. The SMILES string of the molecule is O=C(CC1CC1)c1cccc(C2CCC2)c1. The van der Waals surface area contributed by atoms with E-state index in [1.165, 1.54) is 37.7 Å². The Morgan fingerprint density at radius 2 is 2.00 bits per heavy atom. The molecule has 1 aromatic carbocycles. The Bertz CT molecular complexity index is 400. The van der Waals surface area contributed by atoms with Crippen molar-refractivity contribution in [2.24, 2.45) is 5.92 Å². The average Bonchev–Trinajstić information content (AvgIpc) is 2.99. The minimum atomic E-state index is 0.351. The van der Waals surface area contributed by atoms with Crippen molar-refractivity contribution in [3.8, 4) is 0 Å². The molecule has 0 atom stereocenters. The van der Waals surface area contributed by atoms with Crippen LogP contribution in [0.1, 0.15) is 60.4 Å². The van der Waals surface area contributed by atoms with Gasteiger partial charge in [0.1, 0.15) is 0 Å². The molecule has 0 aliphatic heterocycles. The maximum atomic E-state index is 12.0. The largest absolute Gasteiger partial charge is 0.294 e. The van der Waals surface area contributed by atoms with Crippen LogP contribution in [0, 0.1) is 5.92 Å². The van der Waals surface area contributed by atoms with Crippen molar-refractivity contribution >= 4 is 5.78 Å².